The van der Waals surface area contributed by atoms with Gasteiger partial charge < -0.3 is 10.3 Å². The van der Waals surface area contributed by atoms with Crippen LogP contribution in [0.3, 0.4) is 0 Å². The highest BCUT2D eigenvalue weighted by molar-refractivity contribution is 5.71. The van der Waals surface area contributed by atoms with Crippen LogP contribution in [0.1, 0.15) is 12.5 Å². The number of anilines is 1. The molecule has 0 bridgehead atoms. The van der Waals surface area contributed by atoms with Crippen LogP contribution in [0.25, 0.3) is 22.8 Å². The number of hydrogen-bond acceptors (Lipinski definition) is 4. The van der Waals surface area contributed by atoms with Gasteiger partial charge >= 0.3 is 0 Å². The van der Waals surface area contributed by atoms with E-state index in [-0.39, 0.29) is 0 Å². The number of hydrogen-bond donors (Lipinski definition) is 1. The number of aryl methyl sites for hydroxylation is 1. The molecule has 4 heteroatoms. The summed E-state index contributed by atoms with van der Waals surface area (Å²) in [4.78, 5) is 4.41. The number of benzene rings is 2. The Hall–Kier alpha value is -2.62. The molecule has 0 unspecified atom stereocenters. The van der Waals surface area contributed by atoms with Gasteiger partial charge in [0.2, 0.25) is 5.82 Å². The van der Waals surface area contributed by atoms with Gasteiger partial charge in [0.25, 0.3) is 5.89 Å². The fraction of sp³-hybridized carbons (Fsp3) is 0.125. The van der Waals surface area contributed by atoms with Crippen molar-refractivity contribution in [2.75, 3.05) is 5.73 Å². The molecular formula is C16H15N3O. The molecule has 0 radical (unpaired) electrons. The number of rotatable bonds is 3. The largest absolute Gasteiger partial charge is 0.398 e. The molecule has 0 saturated carbocycles. The lowest BCUT2D eigenvalue weighted by atomic mass is 10.1. The predicted octanol–water partition coefficient (Wildman–Crippen LogP) is 3.55. The van der Waals surface area contributed by atoms with Crippen molar-refractivity contribution in [3.05, 3.63) is 54.1 Å². The summed E-state index contributed by atoms with van der Waals surface area (Å²) in [5, 5.41) is 4.00. The molecule has 0 fully saturated rings. The maximum Gasteiger partial charge on any atom is 0.258 e. The lowest BCUT2D eigenvalue weighted by Crippen LogP contribution is -1.90. The van der Waals surface area contributed by atoms with Gasteiger partial charge in [0.05, 0.1) is 0 Å². The SMILES string of the molecule is CCc1ccc(-c2nc(-c3ccccc3N)no2)cc1. The fourth-order valence-electron chi connectivity index (χ4n) is 2.03. The molecule has 3 rings (SSSR count). The second kappa shape index (κ2) is 5.17. The highest BCUT2D eigenvalue weighted by Crippen LogP contribution is 2.26. The Balaban J connectivity index is 1.95. The minimum Gasteiger partial charge on any atom is -0.398 e. The monoisotopic (exact) mass is 265 g/mol. The molecule has 0 amide bonds. The van der Waals surface area contributed by atoms with E-state index in [4.69, 9.17) is 10.3 Å². The Morgan fingerprint density at radius 3 is 2.50 bits per heavy atom. The van der Waals surface area contributed by atoms with Crippen molar-refractivity contribution in [3.8, 4) is 22.8 Å². The molecular weight excluding hydrogens is 250 g/mol. The minimum absolute atomic E-state index is 0.505. The second-order valence-corrected chi connectivity index (χ2v) is 4.56. The van der Waals surface area contributed by atoms with Gasteiger partial charge in [0.15, 0.2) is 0 Å². The zero-order chi connectivity index (χ0) is 13.9. The molecule has 3 aromatic rings. The summed E-state index contributed by atoms with van der Waals surface area (Å²) in [6.07, 6.45) is 1.01. The number of nitrogen functional groups attached to an aromatic ring is 1. The maximum atomic E-state index is 5.92. The van der Waals surface area contributed by atoms with Crippen molar-refractivity contribution in [1.29, 1.82) is 0 Å². The van der Waals surface area contributed by atoms with E-state index >= 15 is 0 Å². The standard InChI is InChI=1S/C16H15N3O/c1-2-11-7-9-12(10-8-11)16-18-15(19-20-16)13-5-3-4-6-14(13)17/h3-10H,2,17H2,1H3. The van der Waals surface area contributed by atoms with Gasteiger partial charge in [-0.05, 0) is 36.2 Å². The van der Waals surface area contributed by atoms with E-state index < -0.39 is 0 Å². The molecule has 2 N–H and O–H groups in total. The average Bonchev–Trinajstić information content (AvgIpc) is 2.97. The Labute approximate surface area is 117 Å². The zero-order valence-electron chi connectivity index (χ0n) is 11.2. The number of para-hydroxylation sites is 1. The van der Waals surface area contributed by atoms with Crippen LogP contribution in [0.15, 0.2) is 53.1 Å². The molecule has 2 aromatic carbocycles. The van der Waals surface area contributed by atoms with Gasteiger partial charge in [-0.2, -0.15) is 4.98 Å². The van der Waals surface area contributed by atoms with Crippen LogP contribution in [-0.4, -0.2) is 10.1 Å². The normalized spacial score (nSPS) is 10.7. The molecule has 4 nitrogen and oxygen atoms in total. The van der Waals surface area contributed by atoms with E-state index in [2.05, 4.69) is 29.2 Å². The van der Waals surface area contributed by atoms with Gasteiger partial charge in [-0.25, -0.2) is 0 Å². The van der Waals surface area contributed by atoms with Crippen LogP contribution < -0.4 is 5.73 Å². The predicted molar refractivity (Wildman–Crippen MR) is 79.0 cm³/mol. The van der Waals surface area contributed by atoms with Gasteiger partial charge in [-0.1, -0.05) is 36.3 Å². The van der Waals surface area contributed by atoms with Crippen molar-refractivity contribution in [2.24, 2.45) is 0 Å². The molecule has 0 aliphatic heterocycles. The molecule has 0 aliphatic carbocycles. The quantitative estimate of drug-likeness (QED) is 0.735. The third-order valence-corrected chi connectivity index (χ3v) is 3.24. The first-order chi connectivity index (χ1) is 9.78. The Morgan fingerprint density at radius 2 is 1.80 bits per heavy atom. The summed E-state index contributed by atoms with van der Waals surface area (Å²) in [6, 6.07) is 15.6. The van der Waals surface area contributed by atoms with Crippen LogP contribution in [0, 0.1) is 0 Å². The number of nitrogens with two attached hydrogens (primary N) is 1. The first kappa shape index (κ1) is 12.4. The average molecular weight is 265 g/mol. The second-order valence-electron chi connectivity index (χ2n) is 4.56. The van der Waals surface area contributed by atoms with Crippen molar-refractivity contribution in [3.63, 3.8) is 0 Å². The van der Waals surface area contributed by atoms with E-state index in [9.17, 15) is 0 Å². The first-order valence-corrected chi connectivity index (χ1v) is 6.56. The Kier molecular flexibility index (Phi) is 3.21. The zero-order valence-corrected chi connectivity index (χ0v) is 11.2. The van der Waals surface area contributed by atoms with Crippen molar-refractivity contribution >= 4 is 5.69 Å². The van der Waals surface area contributed by atoms with Crippen LogP contribution in [0.4, 0.5) is 5.69 Å². The summed E-state index contributed by atoms with van der Waals surface area (Å²) < 4.78 is 5.32. The smallest absolute Gasteiger partial charge is 0.258 e. The topological polar surface area (TPSA) is 64.9 Å². The first-order valence-electron chi connectivity index (χ1n) is 6.56. The van der Waals surface area contributed by atoms with Crippen LogP contribution >= 0.6 is 0 Å². The van der Waals surface area contributed by atoms with Crippen molar-refractivity contribution < 1.29 is 4.52 Å². The van der Waals surface area contributed by atoms with Gasteiger partial charge in [0, 0.05) is 16.8 Å². The highest BCUT2D eigenvalue weighted by atomic mass is 16.5. The maximum absolute atomic E-state index is 5.92. The minimum atomic E-state index is 0.505. The van der Waals surface area contributed by atoms with E-state index in [1.165, 1.54) is 5.56 Å². The van der Waals surface area contributed by atoms with E-state index in [0.717, 1.165) is 17.5 Å². The van der Waals surface area contributed by atoms with Crippen molar-refractivity contribution in [2.45, 2.75) is 13.3 Å². The Morgan fingerprint density at radius 1 is 1.05 bits per heavy atom. The van der Waals surface area contributed by atoms with E-state index in [1.54, 1.807) is 0 Å². The molecule has 1 heterocycles. The summed E-state index contributed by atoms with van der Waals surface area (Å²) >= 11 is 0. The number of aromatic nitrogens is 2. The summed E-state index contributed by atoms with van der Waals surface area (Å²) in [5.74, 6) is 1.02. The van der Waals surface area contributed by atoms with Crippen LogP contribution in [0.2, 0.25) is 0 Å². The van der Waals surface area contributed by atoms with Gasteiger partial charge in [0.1, 0.15) is 0 Å². The molecule has 1 aromatic heterocycles. The molecule has 0 atom stereocenters. The Bertz CT molecular complexity index is 717. The summed E-state index contributed by atoms with van der Waals surface area (Å²) in [5.41, 5.74) is 9.53. The molecule has 20 heavy (non-hydrogen) atoms. The third-order valence-electron chi connectivity index (χ3n) is 3.24. The van der Waals surface area contributed by atoms with Crippen molar-refractivity contribution in [1.82, 2.24) is 10.1 Å². The highest BCUT2D eigenvalue weighted by Gasteiger charge is 2.12. The number of nitrogens with zero attached hydrogens (tertiary/aromatic N) is 2. The van der Waals surface area contributed by atoms with Gasteiger partial charge in [-0.3, -0.25) is 0 Å². The molecule has 100 valence electrons. The van der Waals surface area contributed by atoms with Crippen LogP contribution in [-0.2, 0) is 6.42 Å². The van der Waals surface area contributed by atoms with Gasteiger partial charge in [-0.15, -0.1) is 0 Å². The molecule has 0 aliphatic rings. The molecule has 0 saturated heterocycles. The van der Waals surface area contributed by atoms with Crippen LogP contribution in [0.5, 0.6) is 0 Å². The molecule has 0 spiro atoms. The summed E-state index contributed by atoms with van der Waals surface area (Å²) in [7, 11) is 0. The fourth-order valence-corrected chi connectivity index (χ4v) is 2.03. The lowest BCUT2D eigenvalue weighted by molar-refractivity contribution is 0.432. The summed E-state index contributed by atoms with van der Waals surface area (Å²) in [6.45, 7) is 2.12. The third kappa shape index (κ3) is 2.28. The van der Waals surface area contributed by atoms with E-state index in [1.807, 2.05) is 36.4 Å². The lowest BCUT2D eigenvalue weighted by Gasteiger charge is -1.98. The van der Waals surface area contributed by atoms with E-state index in [0.29, 0.717) is 17.4 Å².